The molecule has 3 atom stereocenters. The second-order valence-electron chi connectivity index (χ2n) is 7.08. The number of hydrogen-bond donors (Lipinski definition) is 2. The van der Waals surface area contributed by atoms with Gasteiger partial charge in [-0.05, 0) is 25.0 Å². The molecule has 1 saturated heterocycles. The highest BCUT2D eigenvalue weighted by Crippen LogP contribution is 2.34. The Hall–Kier alpha value is -2.32. The molecular formula is C19H24N2O6. The van der Waals surface area contributed by atoms with Crippen LogP contribution in [-0.2, 0) is 9.53 Å². The van der Waals surface area contributed by atoms with Crippen LogP contribution >= 0.6 is 0 Å². The number of ether oxygens (including phenoxy) is 3. The van der Waals surface area contributed by atoms with Gasteiger partial charge in [-0.15, -0.1) is 0 Å². The minimum atomic E-state index is -0.749. The molecule has 3 aliphatic rings. The van der Waals surface area contributed by atoms with E-state index in [0.717, 1.165) is 0 Å². The van der Waals surface area contributed by atoms with Crippen LogP contribution in [0.4, 0.5) is 0 Å². The number of hydrogen-bond acceptors (Lipinski definition) is 6. The number of morpholine rings is 1. The number of para-hydroxylation sites is 1. The lowest BCUT2D eigenvalue weighted by atomic mass is 10.1. The number of aliphatic hydroxyl groups excluding tert-OH is 1. The number of carbonyl (C=O) groups excluding carboxylic acids is 2. The first-order valence-electron chi connectivity index (χ1n) is 9.37. The summed E-state index contributed by atoms with van der Waals surface area (Å²) >= 11 is 0. The van der Waals surface area contributed by atoms with Gasteiger partial charge >= 0.3 is 0 Å². The Balaban J connectivity index is 1.41. The van der Waals surface area contributed by atoms with Gasteiger partial charge in [0.1, 0.15) is 13.2 Å². The first-order chi connectivity index (χ1) is 13.1. The quantitative estimate of drug-likeness (QED) is 0.782. The Morgan fingerprint density at radius 3 is 2.67 bits per heavy atom. The standard InChI is InChI=1S/C19H24N2O6/c22-15-11-12(19(24)21-4-6-25-7-5-21)10-14(15)20-18(23)13-2-1-3-16-17(13)27-9-8-26-16/h1-3,12,14-15,22H,4-11H2,(H,20,23)/t12-,14+,15+/m0/s1. The summed E-state index contributed by atoms with van der Waals surface area (Å²) in [4.78, 5) is 27.2. The number of benzene rings is 1. The smallest absolute Gasteiger partial charge is 0.255 e. The molecule has 0 spiro atoms. The molecule has 0 aromatic heterocycles. The zero-order valence-electron chi connectivity index (χ0n) is 15.1. The summed E-state index contributed by atoms with van der Waals surface area (Å²) in [6.07, 6.45) is 0.0315. The summed E-state index contributed by atoms with van der Waals surface area (Å²) in [5.74, 6) is 0.382. The first kappa shape index (κ1) is 18.1. The van der Waals surface area contributed by atoms with Gasteiger partial charge in [-0.25, -0.2) is 0 Å². The minimum absolute atomic E-state index is 0.0305. The van der Waals surface area contributed by atoms with E-state index in [9.17, 15) is 14.7 Å². The Morgan fingerprint density at radius 1 is 1.07 bits per heavy atom. The molecule has 0 unspecified atom stereocenters. The van der Waals surface area contributed by atoms with Crippen molar-refractivity contribution in [2.75, 3.05) is 39.5 Å². The number of rotatable bonds is 3. The highest BCUT2D eigenvalue weighted by atomic mass is 16.6. The molecule has 1 aromatic rings. The lowest BCUT2D eigenvalue weighted by Gasteiger charge is -2.29. The second-order valence-corrected chi connectivity index (χ2v) is 7.08. The van der Waals surface area contributed by atoms with Gasteiger partial charge in [-0.3, -0.25) is 9.59 Å². The van der Waals surface area contributed by atoms with Crippen molar-refractivity contribution in [1.82, 2.24) is 10.2 Å². The maximum atomic E-state index is 12.7. The van der Waals surface area contributed by atoms with E-state index in [-0.39, 0.29) is 17.7 Å². The highest BCUT2D eigenvalue weighted by molar-refractivity contribution is 5.98. The molecule has 4 rings (SSSR count). The van der Waals surface area contributed by atoms with Crippen LogP contribution in [0, 0.1) is 5.92 Å². The minimum Gasteiger partial charge on any atom is -0.486 e. The molecule has 2 fully saturated rings. The Kier molecular flexibility index (Phi) is 5.18. The molecule has 8 nitrogen and oxygen atoms in total. The van der Waals surface area contributed by atoms with Crippen LogP contribution in [0.5, 0.6) is 11.5 Å². The third kappa shape index (κ3) is 3.72. The molecule has 1 aromatic carbocycles. The van der Waals surface area contributed by atoms with Crippen LogP contribution in [0.25, 0.3) is 0 Å². The summed E-state index contributed by atoms with van der Waals surface area (Å²) in [6.45, 7) is 3.08. The van der Waals surface area contributed by atoms with Crippen LogP contribution in [0.15, 0.2) is 18.2 Å². The van der Waals surface area contributed by atoms with Crippen molar-refractivity contribution in [3.63, 3.8) is 0 Å². The molecule has 2 heterocycles. The molecule has 2 N–H and O–H groups in total. The largest absolute Gasteiger partial charge is 0.486 e. The number of carbonyl (C=O) groups is 2. The van der Waals surface area contributed by atoms with E-state index in [1.165, 1.54) is 0 Å². The zero-order chi connectivity index (χ0) is 18.8. The van der Waals surface area contributed by atoms with E-state index in [2.05, 4.69) is 5.32 Å². The van der Waals surface area contributed by atoms with Crippen LogP contribution in [-0.4, -0.2) is 73.5 Å². The number of amides is 2. The summed E-state index contributed by atoms with van der Waals surface area (Å²) in [7, 11) is 0. The SMILES string of the molecule is O=C(N[C@@H]1C[C@H](C(=O)N2CCOCC2)C[C@H]1O)c1cccc2c1OCCO2. The summed E-state index contributed by atoms with van der Waals surface area (Å²) in [5.41, 5.74) is 0.377. The molecule has 2 amide bonds. The molecule has 0 radical (unpaired) electrons. The fraction of sp³-hybridized carbons (Fsp3) is 0.579. The van der Waals surface area contributed by atoms with Crippen LogP contribution in [0.3, 0.4) is 0 Å². The van der Waals surface area contributed by atoms with Crippen molar-refractivity contribution in [3.8, 4) is 11.5 Å². The lowest BCUT2D eigenvalue weighted by Crippen LogP contribution is -2.43. The Bertz CT molecular complexity index is 718. The van der Waals surface area contributed by atoms with Crippen LogP contribution in [0.2, 0.25) is 0 Å². The Labute approximate surface area is 157 Å². The van der Waals surface area contributed by atoms with Crippen molar-refractivity contribution < 1.29 is 28.9 Å². The van der Waals surface area contributed by atoms with Crippen LogP contribution in [0.1, 0.15) is 23.2 Å². The van der Waals surface area contributed by atoms with Gasteiger partial charge < -0.3 is 29.5 Å². The average molecular weight is 376 g/mol. The summed E-state index contributed by atoms with van der Waals surface area (Å²) in [5, 5.41) is 13.2. The van der Waals surface area contributed by atoms with Gasteiger partial charge in [0.15, 0.2) is 11.5 Å². The van der Waals surface area contributed by atoms with E-state index in [1.807, 2.05) is 0 Å². The Morgan fingerprint density at radius 2 is 1.85 bits per heavy atom. The number of aliphatic hydroxyl groups is 1. The maximum absolute atomic E-state index is 12.7. The third-order valence-corrected chi connectivity index (χ3v) is 5.33. The van der Waals surface area contributed by atoms with Gasteiger partial charge in [0, 0.05) is 19.0 Å². The maximum Gasteiger partial charge on any atom is 0.255 e. The molecule has 2 aliphatic heterocycles. The predicted octanol–water partition coefficient (Wildman–Crippen LogP) is 0.186. The first-order valence-corrected chi connectivity index (χ1v) is 9.37. The summed E-state index contributed by atoms with van der Waals surface area (Å²) < 4.78 is 16.4. The number of nitrogens with one attached hydrogen (secondary N) is 1. The van der Waals surface area contributed by atoms with Gasteiger partial charge in [-0.2, -0.15) is 0 Å². The highest BCUT2D eigenvalue weighted by Gasteiger charge is 2.40. The van der Waals surface area contributed by atoms with E-state index in [4.69, 9.17) is 14.2 Å². The van der Waals surface area contributed by atoms with E-state index in [0.29, 0.717) is 69.4 Å². The van der Waals surface area contributed by atoms with E-state index in [1.54, 1.807) is 23.1 Å². The van der Waals surface area contributed by atoms with Crippen molar-refractivity contribution in [2.45, 2.75) is 25.0 Å². The summed E-state index contributed by atoms with van der Waals surface area (Å²) in [6, 6.07) is 4.69. The lowest BCUT2D eigenvalue weighted by molar-refractivity contribution is -0.139. The van der Waals surface area contributed by atoms with Crippen molar-refractivity contribution in [2.24, 2.45) is 5.92 Å². The van der Waals surface area contributed by atoms with Gasteiger partial charge in [-0.1, -0.05) is 6.07 Å². The van der Waals surface area contributed by atoms with Crippen molar-refractivity contribution in [1.29, 1.82) is 0 Å². The predicted molar refractivity (Wildman–Crippen MR) is 94.8 cm³/mol. The molecule has 8 heteroatoms. The van der Waals surface area contributed by atoms with Gasteiger partial charge in [0.25, 0.3) is 5.91 Å². The molecule has 27 heavy (non-hydrogen) atoms. The monoisotopic (exact) mass is 376 g/mol. The third-order valence-electron chi connectivity index (χ3n) is 5.33. The molecule has 146 valence electrons. The van der Waals surface area contributed by atoms with E-state index < -0.39 is 12.1 Å². The zero-order valence-corrected chi connectivity index (χ0v) is 15.1. The number of fused-ring (bicyclic) bond motifs is 1. The normalized spacial score (nSPS) is 27.3. The fourth-order valence-corrected chi connectivity index (χ4v) is 3.91. The molecule has 1 aliphatic carbocycles. The molecular weight excluding hydrogens is 352 g/mol. The average Bonchev–Trinajstić information content (AvgIpc) is 3.08. The van der Waals surface area contributed by atoms with Crippen molar-refractivity contribution >= 4 is 11.8 Å². The molecule has 1 saturated carbocycles. The second kappa shape index (κ2) is 7.74. The number of nitrogens with zero attached hydrogens (tertiary/aromatic N) is 1. The van der Waals surface area contributed by atoms with E-state index >= 15 is 0 Å². The van der Waals surface area contributed by atoms with Crippen LogP contribution < -0.4 is 14.8 Å². The van der Waals surface area contributed by atoms with Crippen molar-refractivity contribution in [3.05, 3.63) is 23.8 Å². The topological polar surface area (TPSA) is 97.3 Å². The van der Waals surface area contributed by atoms with Gasteiger partial charge in [0.05, 0.1) is 30.9 Å². The fourth-order valence-electron chi connectivity index (χ4n) is 3.91. The molecule has 0 bridgehead atoms. The van der Waals surface area contributed by atoms with Gasteiger partial charge in [0.2, 0.25) is 5.91 Å².